The molecule has 0 saturated heterocycles. The Morgan fingerprint density at radius 2 is 0.612 bits per heavy atom. The smallest absolute Gasteiger partial charge is 0.303 e. The van der Waals surface area contributed by atoms with Crippen molar-refractivity contribution in [1.29, 1.82) is 0 Å². The number of carbonyl (C=O) groups is 2. The molecule has 0 heterocycles. The van der Waals surface area contributed by atoms with E-state index in [1.54, 1.807) is 0 Å². The minimum Gasteiger partial charge on any atom is -0.481 e. The van der Waals surface area contributed by atoms with E-state index in [9.17, 15) is 9.59 Å². The van der Waals surface area contributed by atoms with E-state index in [-0.39, 0.29) is 18.7 Å². The maximum absolute atomic E-state index is 11.4. The Kier molecular flexibility index (Phi) is 35.2. The number of carboxylic acid groups (broad SMARTS) is 1. The fourth-order valence-corrected chi connectivity index (χ4v) is 6.25. The second kappa shape index (κ2) is 41.1. The first kappa shape index (κ1) is 57.4. The molecule has 0 aromatic heterocycles. The summed E-state index contributed by atoms with van der Waals surface area (Å²) in [6.07, 6.45) is 0.464. The Balaban J connectivity index is 0.972. The molecule has 376 valence electrons. The normalized spacial score (nSPS) is 11.6. The molecule has 1 amide bonds. The highest BCUT2D eigenvalue weighted by Gasteiger charge is 2.37. The number of aliphatic carboxylic acids is 1. The van der Waals surface area contributed by atoms with E-state index in [2.05, 4.69) is 41.7 Å². The zero-order valence-corrected chi connectivity index (χ0v) is 39.2. The van der Waals surface area contributed by atoms with E-state index >= 15 is 0 Å². The fourth-order valence-electron chi connectivity index (χ4n) is 6.25. The van der Waals surface area contributed by atoms with Crippen LogP contribution in [0, 0.1) is 0 Å². The molecule has 0 aliphatic rings. The lowest BCUT2D eigenvalue weighted by Gasteiger charge is -2.36. The van der Waals surface area contributed by atoms with Gasteiger partial charge in [-0.15, -0.1) is 0 Å². The predicted octanol–water partition coefficient (Wildman–Crippen LogP) is 4.57. The van der Waals surface area contributed by atoms with Crippen molar-refractivity contribution in [3.05, 3.63) is 108 Å². The van der Waals surface area contributed by atoms with E-state index < -0.39 is 11.6 Å². The van der Waals surface area contributed by atoms with Crippen molar-refractivity contribution in [3.63, 3.8) is 0 Å². The summed E-state index contributed by atoms with van der Waals surface area (Å²) in [6, 6.07) is 30.9. The molecule has 0 atom stereocenters. The number of carboxylic acids is 1. The van der Waals surface area contributed by atoms with Gasteiger partial charge in [-0.05, 0) is 23.1 Å². The summed E-state index contributed by atoms with van der Waals surface area (Å²) >= 11 is 0. The Bertz CT molecular complexity index is 1480. The van der Waals surface area contributed by atoms with Crippen LogP contribution in [0.1, 0.15) is 36.0 Å². The van der Waals surface area contributed by atoms with E-state index in [0.717, 1.165) is 16.7 Å². The average molecular weight is 946 g/mol. The van der Waals surface area contributed by atoms with Crippen LogP contribution in [0.2, 0.25) is 0 Å². The maximum Gasteiger partial charge on any atom is 0.303 e. The van der Waals surface area contributed by atoms with Crippen molar-refractivity contribution in [2.75, 3.05) is 172 Å². The van der Waals surface area contributed by atoms with Gasteiger partial charge in [-0.2, -0.15) is 0 Å². The fraction of sp³-hybridized carbons (Fsp3) is 0.600. The molecule has 17 nitrogen and oxygen atoms in total. The van der Waals surface area contributed by atoms with Crippen LogP contribution < -0.4 is 5.32 Å². The highest BCUT2D eigenvalue weighted by molar-refractivity contribution is 5.80. The SMILES string of the molecule is O=C(O)CCC(=O)NCCCOCCOCCOCCOCCOCCOCCOCCOCCOCCOCCOCCOCCOC(c1ccccc1)(c1ccccc1)c1ccccc1. The minimum absolute atomic E-state index is 0.0144. The minimum atomic E-state index is -0.985. The third-order valence-corrected chi connectivity index (χ3v) is 9.53. The van der Waals surface area contributed by atoms with Gasteiger partial charge in [0.2, 0.25) is 5.91 Å². The number of ether oxygens (including phenoxy) is 13. The van der Waals surface area contributed by atoms with Crippen LogP contribution in [0.15, 0.2) is 91.0 Å². The molecule has 0 unspecified atom stereocenters. The molecule has 0 spiro atoms. The number of rotatable bonds is 47. The quantitative estimate of drug-likeness (QED) is 0.0592. The van der Waals surface area contributed by atoms with Crippen LogP contribution >= 0.6 is 0 Å². The van der Waals surface area contributed by atoms with Crippen LogP contribution in [0.25, 0.3) is 0 Å². The third-order valence-electron chi connectivity index (χ3n) is 9.53. The van der Waals surface area contributed by atoms with Crippen molar-refractivity contribution in [1.82, 2.24) is 5.32 Å². The van der Waals surface area contributed by atoms with E-state index in [4.69, 9.17) is 66.7 Å². The average Bonchev–Trinajstić information content (AvgIpc) is 3.36. The van der Waals surface area contributed by atoms with Crippen LogP contribution in [-0.4, -0.2) is 189 Å². The van der Waals surface area contributed by atoms with Crippen molar-refractivity contribution in [3.8, 4) is 0 Å². The number of nitrogens with one attached hydrogen (secondary N) is 1. The number of carbonyl (C=O) groups excluding carboxylic acids is 1. The molecule has 2 N–H and O–H groups in total. The lowest BCUT2D eigenvalue weighted by atomic mass is 9.80. The van der Waals surface area contributed by atoms with Gasteiger partial charge in [-0.25, -0.2) is 0 Å². The molecule has 3 aromatic rings. The predicted molar refractivity (Wildman–Crippen MR) is 249 cm³/mol. The van der Waals surface area contributed by atoms with E-state index in [1.165, 1.54) is 0 Å². The Labute approximate surface area is 396 Å². The van der Waals surface area contributed by atoms with Gasteiger partial charge < -0.3 is 72.0 Å². The van der Waals surface area contributed by atoms with Crippen LogP contribution in [0.4, 0.5) is 0 Å². The van der Waals surface area contributed by atoms with Crippen LogP contribution in [0.3, 0.4) is 0 Å². The molecular formula is C50H75NO16. The molecule has 17 heteroatoms. The number of benzene rings is 3. The van der Waals surface area contributed by atoms with Crippen molar-refractivity contribution in [2.45, 2.75) is 24.9 Å². The maximum atomic E-state index is 11.4. The topological polar surface area (TPSA) is 186 Å². The monoisotopic (exact) mass is 946 g/mol. The molecule has 3 aromatic carbocycles. The van der Waals surface area contributed by atoms with E-state index in [1.807, 2.05) is 54.6 Å². The Morgan fingerprint density at radius 3 is 0.881 bits per heavy atom. The summed E-state index contributed by atoms with van der Waals surface area (Å²) in [5.41, 5.74) is 2.42. The molecule has 0 saturated carbocycles. The van der Waals surface area contributed by atoms with Gasteiger partial charge in [-0.3, -0.25) is 9.59 Å². The number of amides is 1. The van der Waals surface area contributed by atoms with Gasteiger partial charge >= 0.3 is 5.97 Å². The number of hydrogen-bond acceptors (Lipinski definition) is 15. The molecule has 67 heavy (non-hydrogen) atoms. The second-order valence-electron chi connectivity index (χ2n) is 14.6. The molecule has 3 rings (SSSR count). The zero-order valence-electron chi connectivity index (χ0n) is 39.2. The lowest BCUT2D eigenvalue weighted by molar-refractivity contribution is -0.138. The number of hydrogen-bond donors (Lipinski definition) is 2. The molecule has 0 fully saturated rings. The van der Waals surface area contributed by atoms with Crippen LogP contribution in [0.5, 0.6) is 0 Å². The van der Waals surface area contributed by atoms with Gasteiger partial charge in [0.05, 0.1) is 165 Å². The Morgan fingerprint density at radius 1 is 0.358 bits per heavy atom. The summed E-state index contributed by atoms with van der Waals surface area (Å²) in [5.74, 6) is -1.25. The largest absolute Gasteiger partial charge is 0.481 e. The lowest BCUT2D eigenvalue weighted by Crippen LogP contribution is -2.34. The summed E-state index contributed by atoms with van der Waals surface area (Å²) < 4.78 is 73.3. The first-order valence-electron chi connectivity index (χ1n) is 23.3. The van der Waals surface area contributed by atoms with Gasteiger partial charge in [-0.1, -0.05) is 91.0 Å². The zero-order chi connectivity index (χ0) is 47.4. The summed E-state index contributed by atoms with van der Waals surface area (Å²) in [4.78, 5) is 21.8. The van der Waals surface area contributed by atoms with Crippen molar-refractivity contribution >= 4 is 11.9 Å². The summed E-state index contributed by atoms with van der Waals surface area (Å²) in [6.45, 7) is 12.1. The van der Waals surface area contributed by atoms with Gasteiger partial charge in [0.1, 0.15) is 5.60 Å². The van der Waals surface area contributed by atoms with E-state index in [0.29, 0.717) is 178 Å². The standard InChI is InChI=1S/C50H75NO16/c52-48(17-18-49(53)54)51-19-10-20-55-21-22-56-23-24-57-25-26-58-27-28-59-29-30-60-31-32-61-33-34-62-35-36-63-37-38-64-39-40-65-41-42-66-43-44-67-50(45-11-4-1-5-12-45,46-13-6-2-7-14-46)47-15-8-3-9-16-47/h1-9,11-16H,10,17-44H2,(H,51,52)(H,53,54). The van der Waals surface area contributed by atoms with Gasteiger partial charge in [0.15, 0.2) is 0 Å². The van der Waals surface area contributed by atoms with Crippen molar-refractivity contribution < 1.29 is 76.3 Å². The first-order valence-corrected chi connectivity index (χ1v) is 23.3. The van der Waals surface area contributed by atoms with Crippen LogP contribution in [-0.2, 0) is 76.8 Å². The Hall–Kier alpha value is -3.92. The highest BCUT2D eigenvalue weighted by atomic mass is 16.6. The van der Waals surface area contributed by atoms with Gasteiger partial charge in [0.25, 0.3) is 0 Å². The molecule has 0 bridgehead atoms. The molecule has 0 aliphatic carbocycles. The highest BCUT2D eigenvalue weighted by Crippen LogP contribution is 2.40. The third kappa shape index (κ3) is 28.9. The molecular weight excluding hydrogens is 871 g/mol. The summed E-state index contributed by atoms with van der Waals surface area (Å²) in [5, 5.41) is 11.2. The summed E-state index contributed by atoms with van der Waals surface area (Å²) in [7, 11) is 0. The second-order valence-corrected chi connectivity index (χ2v) is 14.6. The van der Waals surface area contributed by atoms with Gasteiger partial charge in [0, 0.05) is 19.6 Å². The van der Waals surface area contributed by atoms with Crippen molar-refractivity contribution in [2.24, 2.45) is 0 Å². The molecule has 0 aliphatic heterocycles. The first-order chi connectivity index (χ1) is 33.1. The molecule has 0 radical (unpaired) electrons.